The fraction of sp³-hybridized carbons (Fsp3) is 0.400. The van der Waals surface area contributed by atoms with Crippen molar-refractivity contribution in [2.24, 2.45) is 0 Å². The second-order valence-corrected chi connectivity index (χ2v) is 4.22. The summed E-state index contributed by atoms with van der Waals surface area (Å²) in [4.78, 5) is 25.3. The number of hydrogen-bond donors (Lipinski definition) is 0. The summed E-state index contributed by atoms with van der Waals surface area (Å²) in [5, 5.41) is 1.86. The summed E-state index contributed by atoms with van der Waals surface area (Å²) in [7, 11) is 0. The molecule has 1 aromatic rings. The zero-order valence-corrected chi connectivity index (χ0v) is 8.96. The van der Waals surface area contributed by atoms with Gasteiger partial charge in [-0.05, 0) is 11.4 Å². The van der Waals surface area contributed by atoms with Crippen molar-refractivity contribution in [2.75, 3.05) is 26.3 Å². The van der Waals surface area contributed by atoms with E-state index in [4.69, 9.17) is 4.74 Å². The molecule has 80 valence electrons. The minimum Gasteiger partial charge on any atom is -0.370 e. The van der Waals surface area contributed by atoms with E-state index in [0.717, 1.165) is 0 Å². The van der Waals surface area contributed by atoms with Crippen molar-refractivity contribution >= 4 is 23.0 Å². The van der Waals surface area contributed by atoms with Crippen molar-refractivity contribution in [3.8, 4) is 0 Å². The molecule has 0 atom stereocenters. The molecule has 2 rings (SSSR count). The number of thiophene rings is 1. The van der Waals surface area contributed by atoms with Crippen LogP contribution in [0.4, 0.5) is 0 Å². The zero-order valence-electron chi connectivity index (χ0n) is 8.14. The number of hydrogen-bond acceptors (Lipinski definition) is 4. The third-order valence-corrected chi connectivity index (χ3v) is 3.13. The monoisotopic (exact) mass is 225 g/mol. The van der Waals surface area contributed by atoms with E-state index >= 15 is 0 Å². The summed E-state index contributed by atoms with van der Waals surface area (Å²) in [5.74, 6) is -0.105. The Bertz CT molecular complexity index is 361. The molecule has 1 amide bonds. The van der Waals surface area contributed by atoms with Gasteiger partial charge in [0.05, 0.1) is 18.0 Å². The van der Waals surface area contributed by atoms with Crippen molar-refractivity contribution in [1.82, 2.24) is 4.90 Å². The van der Waals surface area contributed by atoms with E-state index < -0.39 is 0 Å². The summed E-state index contributed by atoms with van der Waals surface area (Å²) in [6, 6.07) is 3.61. The molecule has 5 heteroatoms. The van der Waals surface area contributed by atoms with Crippen LogP contribution in [0.1, 0.15) is 9.67 Å². The number of nitrogens with zero attached hydrogens (tertiary/aromatic N) is 1. The maximum absolute atomic E-state index is 11.7. The Morgan fingerprint density at radius 2 is 2.47 bits per heavy atom. The summed E-state index contributed by atoms with van der Waals surface area (Å²) in [6.45, 7) is 1.29. The molecular formula is C10H11NO3S. The van der Waals surface area contributed by atoms with Gasteiger partial charge >= 0.3 is 0 Å². The minimum atomic E-state index is -0.105. The van der Waals surface area contributed by atoms with Crippen LogP contribution in [0.3, 0.4) is 0 Å². The number of Topliss-reactive ketones (excluding diaryl/α,β-unsaturated/α-hetero) is 1. The number of carbonyl (C=O) groups excluding carboxylic acids is 2. The fourth-order valence-electron chi connectivity index (χ4n) is 1.41. The number of ketones is 1. The first-order valence-electron chi connectivity index (χ1n) is 4.69. The molecule has 0 spiro atoms. The first-order chi connectivity index (χ1) is 7.27. The quantitative estimate of drug-likeness (QED) is 0.714. The lowest BCUT2D eigenvalue weighted by Gasteiger charge is -2.25. The Balaban J connectivity index is 1.96. The molecule has 1 aromatic heterocycles. The maximum atomic E-state index is 11.7. The second-order valence-electron chi connectivity index (χ2n) is 3.27. The van der Waals surface area contributed by atoms with Crippen LogP contribution < -0.4 is 0 Å². The average molecular weight is 225 g/mol. The molecular weight excluding hydrogens is 214 g/mol. The van der Waals surface area contributed by atoms with Crippen LogP contribution in [-0.2, 0) is 9.53 Å². The molecule has 0 unspecified atom stereocenters. The molecule has 0 saturated carbocycles. The van der Waals surface area contributed by atoms with Gasteiger partial charge in [0.2, 0.25) is 5.91 Å². The highest BCUT2D eigenvalue weighted by Crippen LogP contribution is 2.10. The second kappa shape index (κ2) is 4.55. The van der Waals surface area contributed by atoms with Gasteiger partial charge in [-0.1, -0.05) is 6.07 Å². The van der Waals surface area contributed by atoms with E-state index in [1.165, 1.54) is 11.3 Å². The minimum absolute atomic E-state index is 0.000231. The van der Waals surface area contributed by atoms with Crippen LogP contribution >= 0.6 is 11.3 Å². The van der Waals surface area contributed by atoms with E-state index in [2.05, 4.69) is 0 Å². The number of amides is 1. The van der Waals surface area contributed by atoms with Crippen molar-refractivity contribution in [3.63, 3.8) is 0 Å². The summed E-state index contributed by atoms with van der Waals surface area (Å²) in [6.07, 6.45) is 0. The Kier molecular flexibility index (Phi) is 3.13. The number of carbonyl (C=O) groups is 2. The van der Waals surface area contributed by atoms with Gasteiger partial charge in [-0.15, -0.1) is 11.3 Å². The smallest absolute Gasteiger partial charge is 0.249 e. The molecule has 0 N–H and O–H groups in total. The van der Waals surface area contributed by atoms with E-state index in [1.54, 1.807) is 11.0 Å². The van der Waals surface area contributed by atoms with Crippen LogP contribution in [-0.4, -0.2) is 42.9 Å². The van der Waals surface area contributed by atoms with Gasteiger partial charge in [-0.2, -0.15) is 0 Å². The van der Waals surface area contributed by atoms with E-state index in [1.807, 2.05) is 11.4 Å². The van der Waals surface area contributed by atoms with Crippen molar-refractivity contribution in [1.29, 1.82) is 0 Å². The van der Waals surface area contributed by atoms with Gasteiger partial charge in [-0.25, -0.2) is 0 Å². The van der Waals surface area contributed by atoms with Gasteiger partial charge < -0.3 is 9.64 Å². The molecule has 0 radical (unpaired) electrons. The van der Waals surface area contributed by atoms with Gasteiger partial charge in [0.25, 0.3) is 0 Å². The maximum Gasteiger partial charge on any atom is 0.249 e. The van der Waals surface area contributed by atoms with Crippen molar-refractivity contribution in [2.45, 2.75) is 0 Å². The van der Waals surface area contributed by atoms with Gasteiger partial charge in [-0.3, -0.25) is 9.59 Å². The van der Waals surface area contributed by atoms with E-state index in [-0.39, 0.29) is 24.8 Å². The van der Waals surface area contributed by atoms with E-state index in [9.17, 15) is 9.59 Å². The zero-order chi connectivity index (χ0) is 10.7. The SMILES string of the molecule is O=C(CN1CCOCC1=O)c1cccs1. The summed E-state index contributed by atoms with van der Waals surface area (Å²) < 4.78 is 4.98. The van der Waals surface area contributed by atoms with Crippen LogP contribution in [0.5, 0.6) is 0 Å². The number of morpholine rings is 1. The lowest BCUT2D eigenvalue weighted by atomic mass is 10.3. The van der Waals surface area contributed by atoms with Gasteiger partial charge in [0.15, 0.2) is 5.78 Å². The largest absolute Gasteiger partial charge is 0.370 e. The molecule has 1 aliphatic heterocycles. The van der Waals surface area contributed by atoms with Crippen LogP contribution in [0.25, 0.3) is 0 Å². The average Bonchev–Trinajstić information content (AvgIpc) is 2.74. The Morgan fingerprint density at radius 3 is 3.13 bits per heavy atom. The predicted octanol–water partition coefficient (Wildman–Crippen LogP) is 0.790. The molecule has 0 aliphatic carbocycles. The molecule has 1 aliphatic rings. The summed E-state index contributed by atoms with van der Waals surface area (Å²) >= 11 is 1.40. The van der Waals surface area contributed by atoms with Crippen LogP contribution in [0.15, 0.2) is 17.5 Å². The molecule has 2 heterocycles. The fourth-order valence-corrected chi connectivity index (χ4v) is 2.06. The molecule has 0 bridgehead atoms. The molecule has 4 nitrogen and oxygen atoms in total. The third kappa shape index (κ3) is 2.43. The standard InChI is InChI=1S/C10H11NO3S/c12-8(9-2-1-5-15-9)6-11-3-4-14-7-10(11)13/h1-2,5H,3-4,6-7H2. The Hall–Kier alpha value is -1.20. The van der Waals surface area contributed by atoms with Crippen molar-refractivity contribution < 1.29 is 14.3 Å². The van der Waals surface area contributed by atoms with Crippen LogP contribution in [0.2, 0.25) is 0 Å². The van der Waals surface area contributed by atoms with Gasteiger partial charge in [0.1, 0.15) is 6.61 Å². The van der Waals surface area contributed by atoms with Crippen molar-refractivity contribution in [3.05, 3.63) is 22.4 Å². The Morgan fingerprint density at radius 1 is 1.60 bits per heavy atom. The Labute approximate surface area is 91.5 Å². The van der Waals surface area contributed by atoms with E-state index in [0.29, 0.717) is 18.0 Å². The highest BCUT2D eigenvalue weighted by molar-refractivity contribution is 7.12. The first kappa shape index (κ1) is 10.3. The molecule has 15 heavy (non-hydrogen) atoms. The topological polar surface area (TPSA) is 46.6 Å². The summed E-state index contributed by atoms with van der Waals surface area (Å²) in [5.41, 5.74) is 0. The first-order valence-corrected chi connectivity index (χ1v) is 5.57. The lowest BCUT2D eigenvalue weighted by Crippen LogP contribution is -2.44. The third-order valence-electron chi connectivity index (χ3n) is 2.21. The van der Waals surface area contributed by atoms with Gasteiger partial charge in [0, 0.05) is 6.54 Å². The highest BCUT2D eigenvalue weighted by atomic mass is 32.1. The molecule has 0 aromatic carbocycles. The molecule has 1 saturated heterocycles. The van der Waals surface area contributed by atoms with Crippen LogP contribution in [0, 0.1) is 0 Å². The highest BCUT2D eigenvalue weighted by Gasteiger charge is 2.21. The molecule has 1 fully saturated rings. The lowest BCUT2D eigenvalue weighted by molar-refractivity contribution is -0.141. The number of ether oxygens (including phenoxy) is 1. The predicted molar refractivity (Wildman–Crippen MR) is 56.0 cm³/mol. The number of rotatable bonds is 3. The normalized spacial score (nSPS) is 16.8.